The summed E-state index contributed by atoms with van der Waals surface area (Å²) in [5.74, 6) is 1.21. The van der Waals surface area contributed by atoms with Crippen LogP contribution in [0.5, 0.6) is 0 Å². The van der Waals surface area contributed by atoms with E-state index in [0.717, 1.165) is 31.8 Å². The van der Waals surface area contributed by atoms with Crippen LogP contribution in [0, 0.1) is 11.8 Å². The van der Waals surface area contributed by atoms with Gasteiger partial charge < -0.3 is 15.5 Å². The summed E-state index contributed by atoms with van der Waals surface area (Å²) >= 11 is 0. The number of hydrogen-bond donors (Lipinski definition) is 2. The Bertz CT molecular complexity index is 304. The topological polar surface area (TPSA) is 44.4 Å². The molecular weight excluding hydrogens is 226 g/mol. The lowest BCUT2D eigenvalue weighted by Crippen LogP contribution is -2.58. The molecule has 18 heavy (non-hydrogen) atoms. The van der Waals surface area contributed by atoms with Crippen molar-refractivity contribution in [3.8, 4) is 0 Å². The van der Waals surface area contributed by atoms with Crippen molar-refractivity contribution in [2.75, 3.05) is 26.2 Å². The molecular formula is C14H25N3O. The molecule has 0 saturated carbocycles. The molecule has 0 aromatic heterocycles. The van der Waals surface area contributed by atoms with Crippen LogP contribution in [0.25, 0.3) is 0 Å². The predicted molar refractivity (Wildman–Crippen MR) is 71.3 cm³/mol. The Morgan fingerprint density at radius 3 is 2.56 bits per heavy atom. The Morgan fingerprint density at radius 1 is 1.22 bits per heavy atom. The van der Waals surface area contributed by atoms with Gasteiger partial charge in [0.15, 0.2) is 0 Å². The third-order valence-electron chi connectivity index (χ3n) is 5.02. The monoisotopic (exact) mass is 251 g/mol. The predicted octanol–water partition coefficient (Wildman–Crippen LogP) is 0.585. The summed E-state index contributed by atoms with van der Waals surface area (Å²) in [6.45, 7) is 6.60. The van der Waals surface area contributed by atoms with Gasteiger partial charge in [-0.3, -0.25) is 4.79 Å². The summed E-state index contributed by atoms with van der Waals surface area (Å²) in [4.78, 5) is 14.8. The SMILES string of the molecule is CC1CCC(C(=O)NC2CN3CCC2CC3)CN1. The zero-order valence-electron chi connectivity index (χ0n) is 11.3. The van der Waals surface area contributed by atoms with Crippen LogP contribution in [0.4, 0.5) is 0 Å². The second-order valence-corrected chi connectivity index (χ2v) is 6.34. The van der Waals surface area contributed by atoms with Gasteiger partial charge in [-0.05, 0) is 51.6 Å². The van der Waals surface area contributed by atoms with Crippen molar-refractivity contribution in [2.24, 2.45) is 11.8 Å². The van der Waals surface area contributed by atoms with Gasteiger partial charge in [0.2, 0.25) is 5.91 Å². The largest absolute Gasteiger partial charge is 0.352 e. The fourth-order valence-corrected chi connectivity index (χ4v) is 3.65. The maximum atomic E-state index is 12.3. The summed E-state index contributed by atoms with van der Waals surface area (Å²) in [5, 5.41) is 6.73. The molecule has 4 aliphatic rings. The number of rotatable bonds is 2. The molecule has 1 amide bonds. The first kappa shape index (κ1) is 12.4. The average Bonchev–Trinajstić information content (AvgIpc) is 2.41. The summed E-state index contributed by atoms with van der Waals surface area (Å²) in [5.41, 5.74) is 0. The Morgan fingerprint density at radius 2 is 2.00 bits per heavy atom. The highest BCUT2D eigenvalue weighted by molar-refractivity contribution is 5.79. The lowest BCUT2D eigenvalue weighted by atomic mass is 9.83. The fourth-order valence-electron chi connectivity index (χ4n) is 3.65. The molecule has 4 fully saturated rings. The van der Waals surface area contributed by atoms with Gasteiger partial charge >= 0.3 is 0 Å². The highest BCUT2D eigenvalue weighted by Crippen LogP contribution is 2.28. The average molecular weight is 251 g/mol. The van der Waals surface area contributed by atoms with Gasteiger partial charge in [-0.15, -0.1) is 0 Å². The third-order valence-corrected chi connectivity index (χ3v) is 5.02. The van der Waals surface area contributed by atoms with Crippen LogP contribution in [0.2, 0.25) is 0 Å². The molecule has 4 rings (SSSR count). The van der Waals surface area contributed by atoms with Gasteiger partial charge in [-0.25, -0.2) is 0 Å². The second-order valence-electron chi connectivity index (χ2n) is 6.34. The van der Waals surface area contributed by atoms with Gasteiger partial charge in [0.1, 0.15) is 0 Å². The van der Waals surface area contributed by atoms with Crippen LogP contribution in [0.3, 0.4) is 0 Å². The number of nitrogens with one attached hydrogen (secondary N) is 2. The number of fused-ring (bicyclic) bond motifs is 3. The fraction of sp³-hybridized carbons (Fsp3) is 0.929. The molecule has 0 aromatic rings. The molecule has 2 N–H and O–H groups in total. The number of piperidine rings is 4. The van der Waals surface area contributed by atoms with Crippen molar-refractivity contribution < 1.29 is 4.79 Å². The molecule has 4 heterocycles. The quantitative estimate of drug-likeness (QED) is 0.755. The molecule has 4 saturated heterocycles. The van der Waals surface area contributed by atoms with E-state index >= 15 is 0 Å². The summed E-state index contributed by atoms with van der Waals surface area (Å²) < 4.78 is 0. The Balaban J connectivity index is 1.52. The van der Waals surface area contributed by atoms with Crippen LogP contribution in [0.15, 0.2) is 0 Å². The van der Waals surface area contributed by atoms with Gasteiger partial charge in [-0.2, -0.15) is 0 Å². The van der Waals surface area contributed by atoms with Gasteiger partial charge in [0, 0.05) is 25.2 Å². The van der Waals surface area contributed by atoms with Gasteiger partial charge in [0.05, 0.1) is 5.92 Å². The highest BCUT2D eigenvalue weighted by Gasteiger charge is 2.36. The maximum Gasteiger partial charge on any atom is 0.224 e. The standard InChI is InChI=1S/C14H25N3O/c1-10-2-3-12(8-15-10)14(18)16-13-9-17-6-4-11(13)5-7-17/h10-13,15H,2-9H2,1H3,(H,16,18). The van der Waals surface area contributed by atoms with E-state index in [2.05, 4.69) is 22.5 Å². The molecule has 0 aliphatic carbocycles. The lowest BCUT2D eigenvalue weighted by Gasteiger charge is -2.45. The van der Waals surface area contributed by atoms with Crippen LogP contribution in [-0.4, -0.2) is 49.1 Å². The first-order valence-electron chi connectivity index (χ1n) is 7.48. The van der Waals surface area contributed by atoms with Crippen LogP contribution in [-0.2, 0) is 4.79 Å². The molecule has 4 aliphatic heterocycles. The van der Waals surface area contributed by atoms with Crippen molar-refractivity contribution in [3.63, 3.8) is 0 Å². The minimum atomic E-state index is 0.191. The number of nitrogens with zero attached hydrogens (tertiary/aromatic N) is 1. The molecule has 0 radical (unpaired) electrons. The molecule has 3 atom stereocenters. The van der Waals surface area contributed by atoms with E-state index in [1.54, 1.807) is 0 Å². The number of carbonyl (C=O) groups excluding carboxylic acids is 1. The van der Waals surface area contributed by atoms with Crippen LogP contribution in [0.1, 0.15) is 32.6 Å². The lowest BCUT2D eigenvalue weighted by molar-refractivity contribution is -0.127. The van der Waals surface area contributed by atoms with Crippen molar-refractivity contribution in [2.45, 2.75) is 44.7 Å². The van der Waals surface area contributed by atoms with E-state index in [1.807, 2.05) is 0 Å². The molecule has 0 aromatic carbocycles. The highest BCUT2D eigenvalue weighted by atomic mass is 16.2. The van der Waals surface area contributed by atoms with Crippen molar-refractivity contribution in [3.05, 3.63) is 0 Å². The minimum absolute atomic E-state index is 0.191. The van der Waals surface area contributed by atoms with E-state index in [9.17, 15) is 4.79 Å². The van der Waals surface area contributed by atoms with Gasteiger partial charge in [-0.1, -0.05) is 0 Å². The minimum Gasteiger partial charge on any atom is -0.352 e. The third kappa shape index (κ3) is 2.54. The van der Waals surface area contributed by atoms with Crippen molar-refractivity contribution in [1.29, 1.82) is 0 Å². The number of amides is 1. The van der Waals surface area contributed by atoms with Gasteiger partial charge in [0.25, 0.3) is 0 Å². The molecule has 0 spiro atoms. The first-order chi connectivity index (χ1) is 8.72. The molecule has 4 nitrogen and oxygen atoms in total. The maximum absolute atomic E-state index is 12.3. The summed E-state index contributed by atoms with van der Waals surface area (Å²) in [7, 11) is 0. The number of carbonyl (C=O) groups is 1. The van der Waals surface area contributed by atoms with E-state index in [1.165, 1.54) is 25.9 Å². The Hall–Kier alpha value is -0.610. The molecule has 2 bridgehead atoms. The normalized spacial score (nSPS) is 43.7. The molecule has 102 valence electrons. The molecule has 4 heteroatoms. The molecule has 3 unspecified atom stereocenters. The summed E-state index contributed by atoms with van der Waals surface area (Å²) in [6.07, 6.45) is 4.70. The van der Waals surface area contributed by atoms with E-state index in [-0.39, 0.29) is 11.8 Å². The van der Waals surface area contributed by atoms with Crippen LogP contribution < -0.4 is 10.6 Å². The van der Waals surface area contributed by atoms with Crippen molar-refractivity contribution in [1.82, 2.24) is 15.5 Å². The number of hydrogen-bond acceptors (Lipinski definition) is 3. The van der Waals surface area contributed by atoms with Crippen LogP contribution >= 0.6 is 0 Å². The first-order valence-corrected chi connectivity index (χ1v) is 7.48. The summed E-state index contributed by atoms with van der Waals surface area (Å²) in [6, 6.07) is 0.991. The second kappa shape index (κ2) is 5.17. The van der Waals surface area contributed by atoms with E-state index in [4.69, 9.17) is 0 Å². The van der Waals surface area contributed by atoms with E-state index < -0.39 is 0 Å². The Kier molecular flexibility index (Phi) is 3.57. The van der Waals surface area contributed by atoms with Crippen molar-refractivity contribution >= 4 is 5.91 Å². The zero-order valence-corrected chi connectivity index (χ0v) is 11.3. The smallest absolute Gasteiger partial charge is 0.224 e. The zero-order chi connectivity index (χ0) is 12.5. The Labute approximate surface area is 109 Å². The van der Waals surface area contributed by atoms with E-state index in [0.29, 0.717) is 12.1 Å².